The third kappa shape index (κ3) is 6.17. The first-order chi connectivity index (χ1) is 18.0. The number of methoxy groups -OCH3 is 1. The molecule has 1 aliphatic carbocycles. The van der Waals surface area contributed by atoms with Crippen molar-refractivity contribution in [2.45, 2.75) is 59.3 Å². The minimum absolute atomic E-state index is 0.00638. The minimum atomic E-state index is -1.06. The van der Waals surface area contributed by atoms with E-state index in [1.165, 1.54) is 0 Å². The van der Waals surface area contributed by atoms with E-state index in [0.29, 0.717) is 72.1 Å². The summed E-state index contributed by atoms with van der Waals surface area (Å²) in [7, 11) is 1.62. The Balaban J connectivity index is 1.73. The number of rotatable bonds is 10. The largest absolute Gasteiger partial charge is 0.477 e. The monoisotopic (exact) mass is 529 g/mol. The van der Waals surface area contributed by atoms with Gasteiger partial charge < -0.3 is 39.8 Å². The molecule has 38 heavy (non-hydrogen) atoms. The van der Waals surface area contributed by atoms with Crippen molar-refractivity contribution in [1.29, 1.82) is 0 Å². The maximum Gasteiger partial charge on any atom is 0.224 e. The lowest BCUT2D eigenvalue weighted by Gasteiger charge is -2.21. The molecule has 1 aliphatic rings. The second-order valence-corrected chi connectivity index (χ2v) is 11.1. The predicted octanol–water partition coefficient (Wildman–Crippen LogP) is 2.90. The van der Waals surface area contributed by atoms with Crippen LogP contribution in [0, 0.1) is 25.2 Å². The average molecular weight is 530 g/mol. The summed E-state index contributed by atoms with van der Waals surface area (Å²) in [5.74, 6) is 1.47. The number of furan rings is 1. The molecule has 0 unspecified atom stereocenters. The van der Waals surface area contributed by atoms with E-state index in [-0.39, 0.29) is 12.0 Å². The summed E-state index contributed by atoms with van der Waals surface area (Å²) < 4.78 is 17.3. The van der Waals surface area contributed by atoms with Gasteiger partial charge in [-0.1, -0.05) is 20.8 Å². The van der Waals surface area contributed by atoms with Crippen LogP contribution in [0.3, 0.4) is 0 Å². The maximum absolute atomic E-state index is 10.6. The van der Waals surface area contributed by atoms with E-state index in [4.69, 9.17) is 13.9 Å². The fourth-order valence-corrected chi connectivity index (χ4v) is 4.60. The van der Waals surface area contributed by atoms with Crippen molar-refractivity contribution < 1.29 is 29.2 Å². The molecule has 0 spiro atoms. The third-order valence-electron chi connectivity index (χ3n) is 6.58. The molecule has 0 bridgehead atoms. The van der Waals surface area contributed by atoms with Gasteiger partial charge in [0.1, 0.15) is 17.7 Å². The first kappa shape index (κ1) is 28.0. The zero-order chi connectivity index (χ0) is 27.6. The van der Waals surface area contributed by atoms with Crippen LogP contribution in [0.25, 0.3) is 22.3 Å². The topological polar surface area (TPSA) is 155 Å². The lowest BCUT2D eigenvalue weighted by Crippen LogP contribution is -2.35. The first-order valence-corrected chi connectivity index (χ1v) is 12.9. The highest BCUT2D eigenvalue weighted by atomic mass is 16.5. The number of pyridine rings is 1. The Morgan fingerprint density at radius 3 is 2.50 bits per heavy atom. The van der Waals surface area contributed by atoms with Crippen molar-refractivity contribution >= 4 is 22.7 Å². The van der Waals surface area contributed by atoms with Gasteiger partial charge in [-0.3, -0.25) is 0 Å². The van der Waals surface area contributed by atoms with Crippen LogP contribution in [-0.2, 0) is 4.74 Å². The maximum atomic E-state index is 10.6. The molecule has 0 saturated heterocycles. The lowest BCUT2D eigenvalue weighted by atomic mass is 9.99. The summed E-state index contributed by atoms with van der Waals surface area (Å²) in [6, 6.07) is 3.24. The van der Waals surface area contributed by atoms with Crippen molar-refractivity contribution in [2.75, 3.05) is 44.1 Å². The summed E-state index contributed by atoms with van der Waals surface area (Å²) in [6.45, 7) is 11.3. The van der Waals surface area contributed by atoms with Gasteiger partial charge in [-0.15, -0.1) is 0 Å². The molecule has 1 saturated carbocycles. The molecule has 3 aromatic heterocycles. The molecule has 4 atom stereocenters. The van der Waals surface area contributed by atoms with E-state index in [0.717, 1.165) is 5.39 Å². The van der Waals surface area contributed by atoms with E-state index in [1.54, 1.807) is 7.11 Å². The van der Waals surface area contributed by atoms with Crippen LogP contribution in [0.2, 0.25) is 0 Å². The number of nitrogens with zero attached hydrogens (tertiary/aromatic N) is 3. The Hall–Kier alpha value is -2.99. The predicted molar refractivity (Wildman–Crippen MR) is 144 cm³/mol. The zero-order valence-electron chi connectivity index (χ0n) is 22.9. The van der Waals surface area contributed by atoms with Gasteiger partial charge in [0.25, 0.3) is 0 Å². The van der Waals surface area contributed by atoms with Crippen molar-refractivity contribution in [3.05, 3.63) is 23.5 Å². The van der Waals surface area contributed by atoms with Crippen LogP contribution >= 0.6 is 0 Å². The molecule has 4 rings (SSSR count). The highest BCUT2D eigenvalue weighted by Crippen LogP contribution is 2.38. The van der Waals surface area contributed by atoms with E-state index in [2.05, 4.69) is 46.4 Å². The number of aliphatic hydroxyl groups excluding tert-OH is 3. The number of hydrogen-bond donors (Lipinski definition) is 5. The van der Waals surface area contributed by atoms with E-state index in [9.17, 15) is 15.3 Å². The van der Waals surface area contributed by atoms with Crippen molar-refractivity contribution in [1.82, 2.24) is 15.0 Å². The fraction of sp³-hybridized carbons (Fsp3) is 0.593. The van der Waals surface area contributed by atoms with Gasteiger partial charge >= 0.3 is 0 Å². The summed E-state index contributed by atoms with van der Waals surface area (Å²) in [5, 5.41) is 37.9. The SMILES string of the molecule is COCCNc1nc(C)c(-c2cc3cc(OCC(C)(C)C)nc(C)c3o2)c(N[C@@H]2C[C@H](CO)[C@@H](O)[C@H]2O)n1. The summed E-state index contributed by atoms with van der Waals surface area (Å²) >= 11 is 0. The molecule has 208 valence electrons. The van der Waals surface area contributed by atoms with Gasteiger partial charge in [0.05, 0.1) is 42.3 Å². The number of ether oxygens (including phenoxy) is 2. The molecule has 0 aromatic carbocycles. The van der Waals surface area contributed by atoms with Gasteiger partial charge in [-0.25, -0.2) is 9.97 Å². The molecule has 11 heteroatoms. The highest BCUT2D eigenvalue weighted by Gasteiger charge is 2.41. The van der Waals surface area contributed by atoms with Gasteiger partial charge in [-0.05, 0) is 31.7 Å². The standard InChI is InChI=1S/C27H39N5O6/c1-14-21(19-10-16-11-20(37-13-27(3,4)5)29-15(2)24(16)38-19)25(32-26(30-14)28-7-8-36-6)31-18-9-17(12-33)22(34)23(18)35/h10-11,17-18,22-23,33-35H,7-9,12-13H2,1-6H3,(H2,28,30,31,32)/t17-,18-,22-,23+/m1/s1. The van der Waals surface area contributed by atoms with Crippen LogP contribution < -0.4 is 15.4 Å². The molecule has 1 fully saturated rings. The second kappa shape index (κ2) is 11.4. The van der Waals surface area contributed by atoms with Crippen LogP contribution in [0.5, 0.6) is 5.88 Å². The number of hydrogen-bond acceptors (Lipinski definition) is 11. The number of aliphatic hydroxyl groups is 3. The van der Waals surface area contributed by atoms with Gasteiger partial charge in [0.2, 0.25) is 11.8 Å². The normalized spacial score (nSPS) is 21.7. The molecular weight excluding hydrogens is 490 g/mol. The molecule has 11 nitrogen and oxygen atoms in total. The number of aryl methyl sites for hydroxylation is 2. The average Bonchev–Trinajstić information content (AvgIpc) is 3.39. The minimum Gasteiger partial charge on any atom is -0.477 e. The Labute approximate surface area is 222 Å². The Kier molecular flexibility index (Phi) is 8.41. The number of nitrogens with one attached hydrogen (secondary N) is 2. The van der Waals surface area contributed by atoms with E-state index < -0.39 is 24.2 Å². The van der Waals surface area contributed by atoms with Crippen LogP contribution in [0.15, 0.2) is 16.5 Å². The molecule has 0 radical (unpaired) electrons. The van der Waals surface area contributed by atoms with E-state index in [1.807, 2.05) is 26.0 Å². The van der Waals surface area contributed by atoms with Gasteiger partial charge in [-0.2, -0.15) is 4.98 Å². The molecule has 3 aromatic rings. The van der Waals surface area contributed by atoms with Crippen LogP contribution in [0.1, 0.15) is 38.6 Å². The summed E-state index contributed by atoms with van der Waals surface area (Å²) in [5.41, 5.74) is 2.61. The Morgan fingerprint density at radius 1 is 1.08 bits per heavy atom. The Bertz CT molecular complexity index is 1260. The second-order valence-electron chi connectivity index (χ2n) is 11.1. The van der Waals surface area contributed by atoms with E-state index >= 15 is 0 Å². The number of aromatic nitrogens is 3. The van der Waals surface area contributed by atoms with Crippen molar-refractivity contribution in [2.24, 2.45) is 11.3 Å². The smallest absolute Gasteiger partial charge is 0.224 e. The third-order valence-corrected chi connectivity index (χ3v) is 6.58. The highest BCUT2D eigenvalue weighted by molar-refractivity contribution is 5.88. The molecule has 3 heterocycles. The van der Waals surface area contributed by atoms with Gasteiger partial charge in [0.15, 0.2) is 5.58 Å². The first-order valence-electron chi connectivity index (χ1n) is 12.9. The zero-order valence-corrected chi connectivity index (χ0v) is 22.9. The quantitative estimate of drug-likeness (QED) is 0.246. The molecule has 0 aliphatic heterocycles. The van der Waals surface area contributed by atoms with Gasteiger partial charge in [0, 0.05) is 37.6 Å². The number of anilines is 2. The summed E-state index contributed by atoms with van der Waals surface area (Å²) in [6.07, 6.45) is -1.72. The molecule has 5 N–H and O–H groups in total. The molecule has 0 amide bonds. The number of fused-ring (bicyclic) bond motifs is 1. The van der Waals surface area contributed by atoms with Crippen LogP contribution in [0.4, 0.5) is 11.8 Å². The summed E-state index contributed by atoms with van der Waals surface area (Å²) in [4.78, 5) is 13.9. The fourth-order valence-electron chi connectivity index (χ4n) is 4.60. The van der Waals surface area contributed by atoms with Crippen LogP contribution in [-0.4, -0.2) is 82.0 Å². The van der Waals surface area contributed by atoms with Crippen molar-refractivity contribution in [3.63, 3.8) is 0 Å². The lowest BCUT2D eigenvalue weighted by molar-refractivity contribution is 0.00446. The Morgan fingerprint density at radius 2 is 1.84 bits per heavy atom. The van der Waals surface area contributed by atoms with Crippen molar-refractivity contribution in [3.8, 4) is 17.2 Å². The molecular formula is C27H39N5O6.